The van der Waals surface area contributed by atoms with Crippen LogP contribution >= 0.6 is 0 Å². The Morgan fingerprint density at radius 3 is 2.34 bits per heavy atom. The van der Waals surface area contributed by atoms with Gasteiger partial charge in [0.1, 0.15) is 6.54 Å². The third-order valence-corrected chi connectivity index (χ3v) is 5.39. The standard InChI is InChI=1S/C21H30F3N3O2/c1-3-15(2)27(20(29)25-16-10-6-4-5-7-11-16)14-19(28)26-18-13-9-8-12-17(18)21(22,23)24/h8-9,12-13,15-16H,3-7,10-11,14H2,1-2H3,(H,25,29)(H,26,28)/t15-/m1/s1. The number of halogens is 3. The number of para-hydroxylation sites is 1. The van der Waals surface area contributed by atoms with Crippen molar-refractivity contribution in [3.05, 3.63) is 29.8 Å². The average Bonchev–Trinajstić information content (AvgIpc) is 2.93. The first kappa shape index (κ1) is 23.0. The van der Waals surface area contributed by atoms with Crippen LogP contribution in [-0.2, 0) is 11.0 Å². The number of rotatable bonds is 6. The number of carbonyl (C=O) groups excluding carboxylic acids is 2. The lowest BCUT2D eigenvalue weighted by molar-refractivity contribution is -0.137. The predicted octanol–water partition coefficient (Wildman–Crippen LogP) is 5.18. The summed E-state index contributed by atoms with van der Waals surface area (Å²) in [6.07, 6.45) is 2.30. The van der Waals surface area contributed by atoms with E-state index in [4.69, 9.17) is 0 Å². The number of anilines is 1. The molecule has 0 bridgehead atoms. The van der Waals surface area contributed by atoms with Crippen molar-refractivity contribution >= 4 is 17.6 Å². The summed E-state index contributed by atoms with van der Waals surface area (Å²) in [6, 6.07) is 4.33. The monoisotopic (exact) mass is 413 g/mol. The van der Waals surface area contributed by atoms with E-state index in [-0.39, 0.29) is 30.3 Å². The van der Waals surface area contributed by atoms with Crippen molar-refractivity contribution in [1.82, 2.24) is 10.2 Å². The van der Waals surface area contributed by atoms with Crippen LogP contribution in [-0.4, -0.2) is 35.5 Å². The summed E-state index contributed by atoms with van der Waals surface area (Å²) < 4.78 is 39.4. The molecule has 1 aliphatic carbocycles. The van der Waals surface area contributed by atoms with E-state index in [1.807, 2.05) is 13.8 Å². The number of nitrogens with one attached hydrogen (secondary N) is 2. The number of hydrogen-bond acceptors (Lipinski definition) is 2. The Labute approximate surface area is 170 Å². The van der Waals surface area contributed by atoms with Gasteiger partial charge in [-0.15, -0.1) is 0 Å². The SMILES string of the molecule is CC[C@@H](C)N(CC(=O)Nc1ccccc1C(F)(F)F)C(=O)NC1CCCCCC1. The number of hydrogen-bond donors (Lipinski definition) is 2. The topological polar surface area (TPSA) is 61.4 Å². The highest BCUT2D eigenvalue weighted by Crippen LogP contribution is 2.34. The van der Waals surface area contributed by atoms with Crippen LogP contribution in [0, 0.1) is 0 Å². The summed E-state index contributed by atoms with van der Waals surface area (Å²) in [5.74, 6) is -0.655. The fourth-order valence-electron chi connectivity index (χ4n) is 3.51. The van der Waals surface area contributed by atoms with Crippen LogP contribution in [0.3, 0.4) is 0 Å². The first-order valence-corrected chi connectivity index (χ1v) is 10.3. The van der Waals surface area contributed by atoms with Gasteiger partial charge in [-0.3, -0.25) is 4.79 Å². The highest BCUT2D eigenvalue weighted by Gasteiger charge is 2.34. The summed E-state index contributed by atoms with van der Waals surface area (Å²) in [5, 5.41) is 5.32. The summed E-state index contributed by atoms with van der Waals surface area (Å²) >= 11 is 0. The largest absolute Gasteiger partial charge is 0.418 e. The predicted molar refractivity (Wildman–Crippen MR) is 107 cm³/mol. The molecule has 5 nitrogen and oxygen atoms in total. The maximum Gasteiger partial charge on any atom is 0.418 e. The van der Waals surface area contributed by atoms with Gasteiger partial charge >= 0.3 is 12.2 Å². The van der Waals surface area contributed by atoms with Gasteiger partial charge in [-0.1, -0.05) is 44.7 Å². The van der Waals surface area contributed by atoms with Crippen molar-refractivity contribution in [1.29, 1.82) is 0 Å². The van der Waals surface area contributed by atoms with Crippen molar-refractivity contribution in [2.45, 2.75) is 77.1 Å². The smallest absolute Gasteiger partial charge is 0.335 e. The van der Waals surface area contributed by atoms with E-state index in [0.717, 1.165) is 44.6 Å². The molecule has 1 atom stereocenters. The quantitative estimate of drug-likeness (QED) is 0.632. The van der Waals surface area contributed by atoms with Gasteiger partial charge in [-0.05, 0) is 38.3 Å². The average molecular weight is 413 g/mol. The minimum Gasteiger partial charge on any atom is -0.335 e. The van der Waals surface area contributed by atoms with Crippen LogP contribution in [0.2, 0.25) is 0 Å². The fraction of sp³-hybridized carbons (Fsp3) is 0.619. The molecule has 1 fully saturated rings. The van der Waals surface area contributed by atoms with E-state index < -0.39 is 17.6 Å². The lowest BCUT2D eigenvalue weighted by atomic mass is 10.1. The highest BCUT2D eigenvalue weighted by molar-refractivity contribution is 5.95. The zero-order valence-corrected chi connectivity index (χ0v) is 17.0. The molecule has 29 heavy (non-hydrogen) atoms. The molecule has 0 radical (unpaired) electrons. The molecule has 3 amide bonds. The first-order valence-electron chi connectivity index (χ1n) is 10.3. The van der Waals surface area contributed by atoms with Gasteiger partial charge in [0.15, 0.2) is 0 Å². The lowest BCUT2D eigenvalue weighted by Gasteiger charge is -2.30. The lowest BCUT2D eigenvalue weighted by Crippen LogP contribution is -2.51. The number of nitrogens with zero attached hydrogens (tertiary/aromatic N) is 1. The second kappa shape index (κ2) is 10.5. The second-order valence-corrected chi connectivity index (χ2v) is 7.61. The summed E-state index contributed by atoms with van der Waals surface area (Å²) in [5.41, 5.74) is -1.22. The molecule has 1 aromatic carbocycles. The molecule has 1 aliphatic rings. The molecule has 0 aliphatic heterocycles. The molecule has 0 heterocycles. The molecule has 2 rings (SSSR count). The van der Waals surface area contributed by atoms with Crippen molar-refractivity contribution in [2.24, 2.45) is 0 Å². The van der Waals surface area contributed by atoms with Gasteiger partial charge in [0.2, 0.25) is 5.91 Å². The van der Waals surface area contributed by atoms with E-state index in [2.05, 4.69) is 10.6 Å². The van der Waals surface area contributed by atoms with Crippen molar-refractivity contribution in [2.75, 3.05) is 11.9 Å². The molecule has 162 valence electrons. The minimum absolute atomic E-state index is 0.0746. The molecule has 0 aromatic heterocycles. The number of carbonyl (C=O) groups is 2. The third kappa shape index (κ3) is 6.94. The molecule has 0 spiro atoms. The van der Waals surface area contributed by atoms with E-state index in [9.17, 15) is 22.8 Å². The Kier molecular flexibility index (Phi) is 8.34. The van der Waals surface area contributed by atoms with E-state index in [1.165, 1.54) is 23.1 Å². The van der Waals surface area contributed by atoms with Crippen molar-refractivity contribution in [3.8, 4) is 0 Å². The van der Waals surface area contributed by atoms with Crippen LogP contribution in [0.5, 0.6) is 0 Å². The number of urea groups is 1. The minimum atomic E-state index is -4.57. The van der Waals surface area contributed by atoms with Gasteiger partial charge in [0, 0.05) is 12.1 Å². The summed E-state index contributed by atoms with van der Waals surface area (Å²) in [4.78, 5) is 26.7. The molecule has 2 N–H and O–H groups in total. The molecule has 0 unspecified atom stereocenters. The van der Waals surface area contributed by atoms with E-state index in [1.54, 1.807) is 0 Å². The first-order chi connectivity index (χ1) is 13.7. The van der Waals surface area contributed by atoms with Gasteiger partial charge in [-0.2, -0.15) is 13.2 Å². The molecule has 1 aromatic rings. The van der Waals surface area contributed by atoms with Gasteiger partial charge in [0.25, 0.3) is 0 Å². The molecular weight excluding hydrogens is 383 g/mol. The third-order valence-electron chi connectivity index (χ3n) is 5.39. The molecule has 1 saturated carbocycles. The van der Waals surface area contributed by atoms with Crippen LogP contribution in [0.15, 0.2) is 24.3 Å². The second-order valence-electron chi connectivity index (χ2n) is 7.61. The van der Waals surface area contributed by atoms with Gasteiger partial charge < -0.3 is 15.5 Å². The zero-order chi connectivity index (χ0) is 21.4. The maximum atomic E-state index is 13.1. The molecule has 0 saturated heterocycles. The van der Waals surface area contributed by atoms with Crippen molar-refractivity contribution < 1.29 is 22.8 Å². The summed E-state index contributed by atoms with van der Waals surface area (Å²) in [6.45, 7) is 3.41. The Morgan fingerprint density at radius 1 is 1.14 bits per heavy atom. The van der Waals surface area contributed by atoms with Crippen LogP contribution in [0.1, 0.15) is 64.4 Å². The number of benzene rings is 1. The molecule has 8 heteroatoms. The Bertz CT molecular complexity index is 686. The zero-order valence-electron chi connectivity index (χ0n) is 17.0. The van der Waals surface area contributed by atoms with Crippen LogP contribution in [0.4, 0.5) is 23.7 Å². The van der Waals surface area contributed by atoms with E-state index >= 15 is 0 Å². The van der Waals surface area contributed by atoms with Crippen molar-refractivity contribution in [3.63, 3.8) is 0 Å². The summed E-state index contributed by atoms with van der Waals surface area (Å²) in [7, 11) is 0. The molecular formula is C21H30F3N3O2. The van der Waals surface area contributed by atoms with Gasteiger partial charge in [0.05, 0.1) is 11.3 Å². The van der Waals surface area contributed by atoms with Gasteiger partial charge in [-0.25, -0.2) is 4.79 Å². The highest BCUT2D eigenvalue weighted by atomic mass is 19.4. The Hall–Kier alpha value is -2.25. The van der Waals surface area contributed by atoms with E-state index in [0.29, 0.717) is 6.42 Å². The normalized spacial score (nSPS) is 16.6. The Morgan fingerprint density at radius 2 is 1.76 bits per heavy atom. The van der Waals surface area contributed by atoms with Crippen LogP contribution in [0.25, 0.3) is 0 Å². The number of amides is 3. The Balaban J connectivity index is 2.06. The van der Waals surface area contributed by atoms with Crippen LogP contribution < -0.4 is 10.6 Å². The maximum absolute atomic E-state index is 13.1. The number of alkyl halides is 3. The fourth-order valence-corrected chi connectivity index (χ4v) is 3.51.